The third-order valence-corrected chi connectivity index (χ3v) is 7.53. The summed E-state index contributed by atoms with van der Waals surface area (Å²) in [5.41, 5.74) is 0.281. The molecule has 32 heavy (non-hydrogen) atoms. The summed E-state index contributed by atoms with van der Waals surface area (Å²) in [6, 6.07) is 2.92. The maximum atomic E-state index is 12.4. The third kappa shape index (κ3) is 8.00. The average molecular weight is 470 g/mol. The Morgan fingerprint density at radius 3 is 2.28 bits per heavy atom. The summed E-state index contributed by atoms with van der Waals surface area (Å²) in [5, 5.41) is 8.86. The van der Waals surface area contributed by atoms with Gasteiger partial charge < -0.3 is 13.9 Å². The van der Waals surface area contributed by atoms with Gasteiger partial charge in [-0.3, -0.25) is 0 Å². The largest absolute Gasteiger partial charge is 0.341 e. The quantitative estimate of drug-likeness (QED) is 0.302. The Labute approximate surface area is 191 Å². The molecule has 0 radical (unpaired) electrons. The first-order chi connectivity index (χ1) is 15.2. The van der Waals surface area contributed by atoms with Crippen LogP contribution in [-0.2, 0) is 9.05 Å². The van der Waals surface area contributed by atoms with Crippen LogP contribution in [0.5, 0.6) is 0 Å². The van der Waals surface area contributed by atoms with Crippen molar-refractivity contribution in [1.82, 2.24) is 14.6 Å². The normalized spacial score (nSPS) is 19.8. The van der Waals surface area contributed by atoms with Crippen molar-refractivity contribution < 1.29 is 17.8 Å². The molecule has 1 aromatic rings. The van der Waals surface area contributed by atoms with Crippen molar-refractivity contribution in [3.8, 4) is 6.07 Å². The van der Waals surface area contributed by atoms with Gasteiger partial charge in [-0.05, 0) is 53.4 Å². The summed E-state index contributed by atoms with van der Waals surface area (Å²) in [5.74, 6) is 0.527. The molecule has 1 fully saturated rings. The predicted molar refractivity (Wildman–Crippen MR) is 123 cm³/mol. The zero-order valence-corrected chi connectivity index (χ0v) is 20.4. The molecule has 2 rings (SSSR count). The molecule has 1 aliphatic carbocycles. The second-order valence-corrected chi connectivity index (χ2v) is 9.85. The lowest BCUT2D eigenvalue weighted by molar-refractivity contribution is 0.103. The standard InChI is InChI=1S/C22H34F2N5O2P/c1-16(2)29(17(3)4)32(30-12-6-11-25)31-20-9-7-19(8-10-20)28(5)22-26-14-18(15-27-22)13-21(23)24/h13-17,19-20H,6-10,12H2,1-5H3. The Morgan fingerprint density at radius 1 is 1.19 bits per heavy atom. The fourth-order valence-corrected chi connectivity index (χ4v) is 5.61. The number of hydrogen-bond acceptors (Lipinski definition) is 7. The van der Waals surface area contributed by atoms with Gasteiger partial charge in [0.25, 0.3) is 14.6 Å². The molecule has 1 saturated carbocycles. The van der Waals surface area contributed by atoms with E-state index in [4.69, 9.17) is 14.3 Å². The van der Waals surface area contributed by atoms with Gasteiger partial charge >= 0.3 is 0 Å². The fourth-order valence-electron chi connectivity index (χ4n) is 3.84. The van der Waals surface area contributed by atoms with Crippen LogP contribution in [0.3, 0.4) is 0 Å². The number of halogens is 2. The van der Waals surface area contributed by atoms with Crippen molar-refractivity contribution >= 4 is 20.6 Å². The van der Waals surface area contributed by atoms with E-state index < -0.39 is 14.6 Å². The summed E-state index contributed by atoms with van der Waals surface area (Å²) in [6.07, 6.45) is 5.83. The number of rotatable bonds is 11. The highest BCUT2D eigenvalue weighted by atomic mass is 31.2. The van der Waals surface area contributed by atoms with E-state index in [0.29, 0.717) is 19.0 Å². The Morgan fingerprint density at radius 2 is 1.78 bits per heavy atom. The maximum absolute atomic E-state index is 12.4. The topological polar surface area (TPSA) is 74.5 Å². The van der Waals surface area contributed by atoms with Crippen molar-refractivity contribution in [3.05, 3.63) is 24.0 Å². The van der Waals surface area contributed by atoms with Gasteiger partial charge in [0.2, 0.25) is 5.95 Å². The lowest BCUT2D eigenvalue weighted by Crippen LogP contribution is -2.39. The Balaban J connectivity index is 1.95. The van der Waals surface area contributed by atoms with E-state index in [1.54, 1.807) is 0 Å². The highest BCUT2D eigenvalue weighted by Crippen LogP contribution is 2.48. The molecule has 0 bridgehead atoms. The van der Waals surface area contributed by atoms with Gasteiger partial charge in [-0.1, -0.05) is 0 Å². The van der Waals surface area contributed by atoms with Gasteiger partial charge in [-0.15, -0.1) is 0 Å². The van der Waals surface area contributed by atoms with E-state index >= 15 is 0 Å². The monoisotopic (exact) mass is 469 g/mol. The first kappa shape index (κ1) is 26.5. The van der Waals surface area contributed by atoms with Crippen LogP contribution in [0.2, 0.25) is 0 Å². The van der Waals surface area contributed by atoms with Crippen LogP contribution in [0.15, 0.2) is 18.5 Å². The zero-order chi connectivity index (χ0) is 23.7. The molecule has 0 aromatic carbocycles. The van der Waals surface area contributed by atoms with Crippen LogP contribution in [0.25, 0.3) is 6.08 Å². The fraction of sp³-hybridized carbons (Fsp3) is 0.682. The molecule has 178 valence electrons. The molecule has 0 saturated heterocycles. The van der Waals surface area contributed by atoms with Gasteiger partial charge in [0.05, 0.1) is 25.2 Å². The Bertz CT molecular complexity index is 753. The van der Waals surface area contributed by atoms with Crippen molar-refractivity contribution in [2.75, 3.05) is 18.6 Å². The predicted octanol–water partition coefficient (Wildman–Crippen LogP) is 5.75. The van der Waals surface area contributed by atoms with E-state index in [2.05, 4.69) is 48.4 Å². The summed E-state index contributed by atoms with van der Waals surface area (Å²) < 4.78 is 39.5. The minimum Gasteiger partial charge on any atom is -0.341 e. The molecular formula is C22H34F2N5O2P. The molecule has 1 unspecified atom stereocenters. The van der Waals surface area contributed by atoms with Crippen LogP contribution in [0.1, 0.15) is 65.4 Å². The van der Waals surface area contributed by atoms with E-state index in [-0.39, 0.29) is 29.8 Å². The zero-order valence-electron chi connectivity index (χ0n) is 19.5. The van der Waals surface area contributed by atoms with Crippen LogP contribution >= 0.6 is 8.53 Å². The van der Waals surface area contributed by atoms with Gasteiger partial charge in [-0.2, -0.15) is 14.0 Å². The molecular weight excluding hydrogens is 435 g/mol. The Kier molecular flexibility index (Phi) is 10.9. The van der Waals surface area contributed by atoms with Crippen LogP contribution in [0.4, 0.5) is 14.7 Å². The first-order valence-electron chi connectivity index (χ1n) is 11.1. The van der Waals surface area contributed by atoms with Crippen molar-refractivity contribution in [2.24, 2.45) is 0 Å². The first-order valence-corrected chi connectivity index (χ1v) is 12.2. The minimum atomic E-state index is -1.77. The van der Waals surface area contributed by atoms with Crippen molar-refractivity contribution in [1.29, 1.82) is 5.26 Å². The van der Waals surface area contributed by atoms with E-state index in [0.717, 1.165) is 31.8 Å². The van der Waals surface area contributed by atoms with Crippen LogP contribution in [0, 0.1) is 11.3 Å². The number of anilines is 1. The number of nitriles is 1. The number of nitrogens with zero attached hydrogens (tertiary/aromatic N) is 5. The van der Waals surface area contributed by atoms with E-state index in [9.17, 15) is 8.78 Å². The highest BCUT2D eigenvalue weighted by Gasteiger charge is 2.32. The molecule has 7 nitrogen and oxygen atoms in total. The smallest absolute Gasteiger partial charge is 0.271 e. The van der Waals surface area contributed by atoms with Gasteiger partial charge in [0.1, 0.15) is 0 Å². The summed E-state index contributed by atoms with van der Waals surface area (Å²) >= 11 is 0. The van der Waals surface area contributed by atoms with Crippen molar-refractivity contribution in [2.45, 2.75) is 84.0 Å². The second-order valence-electron chi connectivity index (χ2n) is 8.44. The molecule has 10 heteroatoms. The number of aromatic nitrogens is 2. The lowest BCUT2D eigenvalue weighted by atomic mass is 9.92. The average Bonchev–Trinajstić information content (AvgIpc) is 2.73. The van der Waals surface area contributed by atoms with Gasteiger partial charge in [-0.25, -0.2) is 14.6 Å². The molecule has 1 aliphatic rings. The molecule has 1 aromatic heterocycles. The Hall–Kier alpha value is -1.72. The molecule has 0 amide bonds. The highest BCUT2D eigenvalue weighted by molar-refractivity contribution is 7.44. The third-order valence-electron chi connectivity index (χ3n) is 5.34. The second kappa shape index (κ2) is 13.1. The van der Waals surface area contributed by atoms with Gasteiger partial charge in [0, 0.05) is 49.2 Å². The molecule has 0 N–H and O–H groups in total. The molecule has 0 aliphatic heterocycles. The summed E-state index contributed by atoms with van der Waals surface area (Å²) in [6.45, 7) is 8.87. The number of hydrogen-bond donors (Lipinski definition) is 0. The van der Waals surface area contributed by atoms with E-state index in [1.807, 2.05) is 11.9 Å². The summed E-state index contributed by atoms with van der Waals surface area (Å²) in [7, 11) is 0.689. The van der Waals surface area contributed by atoms with Gasteiger partial charge in [0.15, 0.2) is 0 Å². The SMILES string of the molecule is CC(C)N(C(C)C)P(OCCC#N)OC1CCC(N(C)c2ncc(C=C(F)F)cn2)CC1. The van der Waals surface area contributed by atoms with Crippen LogP contribution < -0.4 is 4.90 Å². The summed E-state index contributed by atoms with van der Waals surface area (Å²) in [4.78, 5) is 10.5. The molecule has 1 atom stereocenters. The van der Waals surface area contributed by atoms with E-state index in [1.165, 1.54) is 12.4 Å². The lowest BCUT2D eigenvalue weighted by Gasteiger charge is -2.40. The minimum absolute atomic E-state index is 0.0915. The van der Waals surface area contributed by atoms with Crippen molar-refractivity contribution in [3.63, 3.8) is 0 Å². The maximum Gasteiger partial charge on any atom is 0.271 e. The molecule has 1 heterocycles. The molecule has 0 spiro atoms. The van der Waals surface area contributed by atoms with Crippen LogP contribution in [-0.4, -0.2) is 52.5 Å².